The Hall–Kier alpha value is -2.93. The number of hydrogen-bond donors (Lipinski definition) is 0. The predicted octanol–water partition coefficient (Wildman–Crippen LogP) is 3.05. The molecule has 0 N–H and O–H groups in total. The van der Waals surface area contributed by atoms with Crippen LogP contribution in [0.15, 0.2) is 60.7 Å². The molecule has 2 aromatic rings. The molecule has 2 aromatic carbocycles. The summed E-state index contributed by atoms with van der Waals surface area (Å²) in [6.45, 7) is 1.54. The molecule has 0 saturated carbocycles. The SMILES string of the molecule is CC(Oc1ccccc1)C(=O)C(C#N)C(=O)c1ccccc1. The van der Waals surface area contributed by atoms with Crippen molar-refractivity contribution in [2.24, 2.45) is 5.92 Å². The molecule has 0 aliphatic rings. The van der Waals surface area contributed by atoms with E-state index in [0.29, 0.717) is 11.3 Å². The Morgan fingerprint density at radius 1 is 1.00 bits per heavy atom. The average molecular weight is 293 g/mol. The largest absolute Gasteiger partial charge is 0.483 e. The second-order valence-corrected chi connectivity index (χ2v) is 4.77. The molecular weight excluding hydrogens is 278 g/mol. The molecule has 0 aliphatic carbocycles. The van der Waals surface area contributed by atoms with E-state index < -0.39 is 23.6 Å². The Kier molecular flexibility index (Phi) is 5.05. The van der Waals surface area contributed by atoms with E-state index in [1.165, 1.54) is 6.92 Å². The number of nitrogens with zero attached hydrogens (tertiary/aromatic N) is 1. The van der Waals surface area contributed by atoms with Gasteiger partial charge < -0.3 is 4.74 Å². The number of nitriles is 1. The molecule has 2 atom stereocenters. The first-order valence-corrected chi connectivity index (χ1v) is 6.88. The van der Waals surface area contributed by atoms with Crippen LogP contribution in [0, 0.1) is 17.2 Å². The van der Waals surface area contributed by atoms with Crippen LogP contribution in [-0.4, -0.2) is 17.7 Å². The fourth-order valence-corrected chi connectivity index (χ4v) is 2.02. The van der Waals surface area contributed by atoms with Crippen molar-refractivity contribution < 1.29 is 14.3 Å². The third-order valence-corrected chi connectivity index (χ3v) is 3.19. The van der Waals surface area contributed by atoms with Crippen LogP contribution in [-0.2, 0) is 4.79 Å². The summed E-state index contributed by atoms with van der Waals surface area (Å²) in [4.78, 5) is 24.6. The predicted molar refractivity (Wildman–Crippen MR) is 81.4 cm³/mol. The summed E-state index contributed by atoms with van der Waals surface area (Å²) in [5.74, 6) is -1.88. The molecule has 0 aliphatic heterocycles. The lowest BCUT2D eigenvalue weighted by Crippen LogP contribution is -2.34. The Morgan fingerprint density at radius 3 is 2.09 bits per heavy atom. The fraction of sp³-hybridized carbons (Fsp3) is 0.167. The minimum Gasteiger partial charge on any atom is -0.483 e. The number of benzene rings is 2. The highest BCUT2D eigenvalue weighted by molar-refractivity contribution is 6.13. The van der Waals surface area contributed by atoms with E-state index in [2.05, 4.69) is 0 Å². The summed E-state index contributed by atoms with van der Waals surface area (Å²) >= 11 is 0. The highest BCUT2D eigenvalue weighted by Gasteiger charge is 2.32. The van der Waals surface area contributed by atoms with Gasteiger partial charge in [-0.05, 0) is 19.1 Å². The second kappa shape index (κ2) is 7.19. The number of carbonyl (C=O) groups excluding carboxylic acids is 2. The molecule has 110 valence electrons. The molecule has 0 fully saturated rings. The maximum atomic E-state index is 12.3. The molecule has 0 aromatic heterocycles. The van der Waals surface area contributed by atoms with Crippen molar-refractivity contribution in [1.29, 1.82) is 5.26 Å². The van der Waals surface area contributed by atoms with E-state index in [9.17, 15) is 14.9 Å². The van der Waals surface area contributed by atoms with Crippen LogP contribution in [0.1, 0.15) is 17.3 Å². The monoisotopic (exact) mass is 293 g/mol. The van der Waals surface area contributed by atoms with Gasteiger partial charge in [0.25, 0.3) is 0 Å². The van der Waals surface area contributed by atoms with Crippen molar-refractivity contribution in [1.82, 2.24) is 0 Å². The molecular formula is C18H15NO3. The molecule has 0 spiro atoms. The Bertz CT molecular complexity index is 689. The summed E-state index contributed by atoms with van der Waals surface area (Å²) < 4.78 is 5.49. The summed E-state index contributed by atoms with van der Waals surface area (Å²) in [6, 6.07) is 18.9. The lowest BCUT2D eigenvalue weighted by Gasteiger charge is -2.16. The minimum absolute atomic E-state index is 0.342. The molecule has 2 unspecified atom stereocenters. The van der Waals surface area contributed by atoms with Gasteiger partial charge in [0.1, 0.15) is 5.75 Å². The van der Waals surface area contributed by atoms with E-state index in [1.807, 2.05) is 6.07 Å². The van der Waals surface area contributed by atoms with Gasteiger partial charge in [-0.25, -0.2) is 0 Å². The molecule has 0 heterocycles. The second-order valence-electron chi connectivity index (χ2n) is 4.77. The minimum atomic E-state index is -1.36. The van der Waals surface area contributed by atoms with Crippen molar-refractivity contribution in [3.63, 3.8) is 0 Å². The third kappa shape index (κ3) is 3.58. The Labute approximate surface area is 129 Å². The lowest BCUT2D eigenvalue weighted by atomic mass is 9.92. The number of ketones is 2. The average Bonchev–Trinajstić information content (AvgIpc) is 2.57. The smallest absolute Gasteiger partial charge is 0.197 e. The highest BCUT2D eigenvalue weighted by Crippen LogP contribution is 2.16. The van der Waals surface area contributed by atoms with E-state index >= 15 is 0 Å². The van der Waals surface area contributed by atoms with E-state index in [1.54, 1.807) is 60.7 Å². The van der Waals surface area contributed by atoms with Gasteiger partial charge in [-0.15, -0.1) is 0 Å². The van der Waals surface area contributed by atoms with Crippen LogP contribution in [0.25, 0.3) is 0 Å². The lowest BCUT2D eigenvalue weighted by molar-refractivity contribution is -0.126. The van der Waals surface area contributed by atoms with Gasteiger partial charge in [-0.1, -0.05) is 48.5 Å². The quantitative estimate of drug-likeness (QED) is 0.606. The van der Waals surface area contributed by atoms with Crippen LogP contribution in [0.4, 0.5) is 0 Å². The molecule has 0 bridgehead atoms. The van der Waals surface area contributed by atoms with Gasteiger partial charge in [-0.2, -0.15) is 5.26 Å². The number of carbonyl (C=O) groups is 2. The summed E-state index contributed by atoms with van der Waals surface area (Å²) in [6.07, 6.45) is -0.875. The van der Waals surface area contributed by atoms with Gasteiger partial charge in [-0.3, -0.25) is 9.59 Å². The number of Topliss-reactive ketones (excluding diaryl/α,β-unsaturated/α-hetero) is 2. The topological polar surface area (TPSA) is 67.2 Å². The first-order chi connectivity index (χ1) is 10.6. The van der Waals surface area contributed by atoms with Gasteiger partial charge in [0, 0.05) is 5.56 Å². The first kappa shape index (κ1) is 15.5. The van der Waals surface area contributed by atoms with Crippen molar-refractivity contribution in [2.45, 2.75) is 13.0 Å². The zero-order valence-corrected chi connectivity index (χ0v) is 12.1. The molecule has 22 heavy (non-hydrogen) atoms. The number of para-hydroxylation sites is 1. The van der Waals surface area contributed by atoms with Gasteiger partial charge in [0.2, 0.25) is 0 Å². The molecule has 4 nitrogen and oxygen atoms in total. The highest BCUT2D eigenvalue weighted by atomic mass is 16.5. The van der Waals surface area contributed by atoms with Crippen LogP contribution in [0.2, 0.25) is 0 Å². The summed E-state index contributed by atoms with van der Waals surface area (Å²) in [5, 5.41) is 9.20. The van der Waals surface area contributed by atoms with E-state index in [-0.39, 0.29) is 0 Å². The van der Waals surface area contributed by atoms with Crippen LogP contribution in [0.3, 0.4) is 0 Å². The zero-order chi connectivity index (χ0) is 15.9. The number of ether oxygens (including phenoxy) is 1. The van der Waals surface area contributed by atoms with Gasteiger partial charge in [0.05, 0.1) is 6.07 Å². The number of rotatable bonds is 6. The summed E-state index contributed by atoms with van der Waals surface area (Å²) in [5.41, 5.74) is 0.342. The Morgan fingerprint density at radius 2 is 1.55 bits per heavy atom. The van der Waals surface area contributed by atoms with Crippen LogP contribution >= 0.6 is 0 Å². The molecule has 2 rings (SSSR count). The standard InChI is InChI=1S/C18H15NO3/c1-13(22-15-10-6-3-7-11-15)17(20)16(12-19)18(21)14-8-4-2-5-9-14/h2-11,13,16H,1H3. The normalized spacial score (nSPS) is 12.7. The molecule has 4 heteroatoms. The van der Waals surface area contributed by atoms with E-state index in [0.717, 1.165) is 0 Å². The van der Waals surface area contributed by atoms with E-state index in [4.69, 9.17) is 4.74 Å². The Balaban J connectivity index is 2.12. The maximum Gasteiger partial charge on any atom is 0.197 e. The van der Waals surface area contributed by atoms with Gasteiger partial charge >= 0.3 is 0 Å². The first-order valence-electron chi connectivity index (χ1n) is 6.88. The molecule has 0 radical (unpaired) electrons. The van der Waals surface area contributed by atoms with Crippen LogP contribution in [0.5, 0.6) is 5.75 Å². The maximum absolute atomic E-state index is 12.3. The molecule has 0 amide bonds. The van der Waals surface area contributed by atoms with Crippen LogP contribution < -0.4 is 4.74 Å². The third-order valence-electron chi connectivity index (χ3n) is 3.19. The fourth-order valence-electron chi connectivity index (χ4n) is 2.02. The van der Waals surface area contributed by atoms with Crippen molar-refractivity contribution >= 4 is 11.6 Å². The molecule has 0 saturated heterocycles. The van der Waals surface area contributed by atoms with Crippen molar-refractivity contribution in [3.8, 4) is 11.8 Å². The van der Waals surface area contributed by atoms with Crippen molar-refractivity contribution in [2.75, 3.05) is 0 Å². The van der Waals surface area contributed by atoms with Crippen molar-refractivity contribution in [3.05, 3.63) is 66.2 Å². The summed E-state index contributed by atoms with van der Waals surface area (Å²) in [7, 11) is 0. The number of hydrogen-bond acceptors (Lipinski definition) is 4. The van der Waals surface area contributed by atoms with Gasteiger partial charge in [0.15, 0.2) is 23.6 Å². The zero-order valence-electron chi connectivity index (χ0n) is 12.1.